The first kappa shape index (κ1) is 31.1. The maximum Gasteiger partial charge on any atom is 0.328 e. The number of fused-ring (bicyclic) bond motifs is 1. The van der Waals surface area contributed by atoms with Gasteiger partial charge in [-0.1, -0.05) is 91.0 Å². The summed E-state index contributed by atoms with van der Waals surface area (Å²) in [5, 5.41) is 25.3. The van der Waals surface area contributed by atoms with Gasteiger partial charge >= 0.3 is 5.97 Å². The fourth-order valence-corrected chi connectivity index (χ4v) is 6.13. The zero-order chi connectivity index (χ0) is 30.3. The Morgan fingerprint density at radius 2 is 1.62 bits per heavy atom. The minimum Gasteiger partial charge on any atom is -0.478 e. The third-order valence-corrected chi connectivity index (χ3v) is 8.95. The highest BCUT2D eigenvalue weighted by Gasteiger charge is 2.24. The predicted octanol–water partition coefficient (Wildman–Crippen LogP) is 5.34. The summed E-state index contributed by atoms with van der Waals surface area (Å²) in [7, 11) is -2.18. The van der Waals surface area contributed by atoms with Crippen molar-refractivity contribution in [3.05, 3.63) is 114 Å². The number of aliphatic hydroxyl groups excluding tert-OH is 1. The molecule has 220 valence electrons. The molecule has 4 aromatic rings. The number of aliphatic hydroxyl groups is 1. The lowest BCUT2D eigenvalue weighted by atomic mass is 9.93. The summed E-state index contributed by atoms with van der Waals surface area (Å²) in [6.45, 7) is 4.38. The van der Waals surface area contributed by atoms with Crippen molar-refractivity contribution >= 4 is 32.8 Å². The Bertz CT molecular complexity index is 1660. The number of carbonyl (C=O) groups is 1. The van der Waals surface area contributed by atoms with Crippen LogP contribution in [0.5, 0.6) is 0 Å². The Hall–Kier alpha value is -3.82. The summed E-state index contributed by atoms with van der Waals surface area (Å²) < 4.78 is 27.5. The van der Waals surface area contributed by atoms with Crippen LogP contribution in [0.2, 0.25) is 0 Å². The molecule has 0 amide bonds. The molecule has 0 aliphatic rings. The number of benzene rings is 4. The molecular weight excluding hydrogens is 548 g/mol. The summed E-state index contributed by atoms with van der Waals surface area (Å²) in [6, 6.07) is 29.3. The molecule has 1 atom stereocenters. The van der Waals surface area contributed by atoms with Gasteiger partial charge in [0.1, 0.15) is 0 Å². The molecule has 0 aliphatic carbocycles. The van der Waals surface area contributed by atoms with Gasteiger partial charge in [-0.2, -0.15) is 0 Å². The van der Waals surface area contributed by atoms with Crippen molar-refractivity contribution in [2.24, 2.45) is 0 Å². The second kappa shape index (κ2) is 13.4. The molecule has 0 bridgehead atoms. The van der Waals surface area contributed by atoms with E-state index < -0.39 is 22.1 Å². The minimum atomic E-state index is -3.67. The van der Waals surface area contributed by atoms with E-state index in [1.165, 1.54) is 33.8 Å². The maximum absolute atomic E-state index is 13.1. The van der Waals surface area contributed by atoms with Crippen LogP contribution >= 0.6 is 0 Å². The molecule has 7 nitrogen and oxygen atoms in total. The number of β-amino-alcohol motifs (C(OH)–C–C–N with tert-alkyl or cyclic N) is 1. The van der Waals surface area contributed by atoms with E-state index in [2.05, 4.69) is 49.5 Å². The molecule has 3 N–H and O–H groups in total. The van der Waals surface area contributed by atoms with Gasteiger partial charge in [0.2, 0.25) is 10.0 Å². The van der Waals surface area contributed by atoms with E-state index in [-0.39, 0.29) is 24.4 Å². The number of aliphatic carboxylic acids is 1. The highest BCUT2D eigenvalue weighted by Crippen LogP contribution is 2.23. The van der Waals surface area contributed by atoms with E-state index in [0.29, 0.717) is 5.56 Å². The number of hydrogen-bond acceptors (Lipinski definition) is 5. The van der Waals surface area contributed by atoms with E-state index in [9.17, 15) is 18.3 Å². The minimum absolute atomic E-state index is 0.0214. The van der Waals surface area contributed by atoms with Gasteiger partial charge < -0.3 is 15.5 Å². The highest BCUT2D eigenvalue weighted by molar-refractivity contribution is 7.88. The van der Waals surface area contributed by atoms with Crippen LogP contribution < -0.4 is 5.32 Å². The third kappa shape index (κ3) is 8.84. The van der Waals surface area contributed by atoms with Crippen LogP contribution in [0.1, 0.15) is 30.5 Å². The van der Waals surface area contributed by atoms with Gasteiger partial charge in [0.15, 0.2) is 0 Å². The molecule has 0 fully saturated rings. The zero-order valence-corrected chi connectivity index (χ0v) is 25.0. The summed E-state index contributed by atoms with van der Waals surface area (Å²) in [6.07, 6.45) is 2.48. The van der Waals surface area contributed by atoms with E-state index >= 15 is 0 Å². The molecule has 0 aromatic heterocycles. The smallest absolute Gasteiger partial charge is 0.328 e. The zero-order valence-electron chi connectivity index (χ0n) is 24.2. The van der Waals surface area contributed by atoms with Crippen LogP contribution in [0.4, 0.5) is 0 Å². The Labute approximate surface area is 248 Å². The lowest BCUT2D eigenvalue weighted by Gasteiger charge is -2.29. The first-order valence-electron chi connectivity index (χ1n) is 13.9. The second-order valence-electron chi connectivity index (χ2n) is 11.3. The molecule has 0 radical (unpaired) electrons. The number of hydrogen-bond donors (Lipinski definition) is 3. The van der Waals surface area contributed by atoms with E-state index in [1.807, 2.05) is 54.6 Å². The van der Waals surface area contributed by atoms with Crippen molar-refractivity contribution < 1.29 is 23.4 Å². The number of sulfonamides is 1. The van der Waals surface area contributed by atoms with Crippen molar-refractivity contribution in [2.75, 3.05) is 20.1 Å². The van der Waals surface area contributed by atoms with Crippen molar-refractivity contribution in [1.82, 2.24) is 9.62 Å². The third-order valence-electron chi connectivity index (χ3n) is 7.16. The van der Waals surface area contributed by atoms with Crippen LogP contribution in [0.3, 0.4) is 0 Å². The van der Waals surface area contributed by atoms with Crippen LogP contribution in [0.15, 0.2) is 97.1 Å². The maximum atomic E-state index is 13.1. The van der Waals surface area contributed by atoms with Crippen molar-refractivity contribution in [3.8, 4) is 11.1 Å². The number of nitrogens with zero attached hydrogens (tertiary/aromatic N) is 1. The number of rotatable bonds is 13. The second-order valence-corrected chi connectivity index (χ2v) is 13.4. The molecule has 0 aliphatic heterocycles. The molecule has 8 heteroatoms. The number of likely N-dealkylation sites (N-methyl/N-ethyl adjacent to an activating group) is 1. The lowest BCUT2D eigenvalue weighted by molar-refractivity contribution is -0.131. The van der Waals surface area contributed by atoms with Gasteiger partial charge in [0, 0.05) is 31.8 Å². The van der Waals surface area contributed by atoms with E-state index in [4.69, 9.17) is 5.11 Å². The number of carboxylic acid groups (broad SMARTS) is 1. The average molecular weight is 587 g/mol. The highest BCUT2D eigenvalue weighted by atomic mass is 32.2. The van der Waals surface area contributed by atoms with Crippen molar-refractivity contribution in [2.45, 2.75) is 37.7 Å². The SMILES string of the molecule is CN(C[C@H](O)CNC(C)(C)Cc1ccc2ccccc2c1)S(=O)(=O)Cc1cccc(-c2ccc(C=CC(=O)O)cc2)c1. The van der Waals surface area contributed by atoms with Gasteiger partial charge in [-0.15, -0.1) is 0 Å². The van der Waals surface area contributed by atoms with E-state index in [0.717, 1.165) is 29.2 Å². The lowest BCUT2D eigenvalue weighted by Crippen LogP contribution is -2.47. The fourth-order valence-electron chi connectivity index (χ4n) is 4.91. The van der Waals surface area contributed by atoms with Gasteiger partial charge in [-0.3, -0.25) is 0 Å². The summed E-state index contributed by atoms with van der Waals surface area (Å²) >= 11 is 0. The topological polar surface area (TPSA) is 107 Å². The normalized spacial score (nSPS) is 13.2. The molecule has 42 heavy (non-hydrogen) atoms. The predicted molar refractivity (Wildman–Crippen MR) is 170 cm³/mol. The standard InChI is InChI=1S/C34H38N2O5S/c1-34(2,21-26-13-17-28-8-4-5-9-30(28)19-26)35-22-32(37)23-36(3)42(40,41)24-27-7-6-10-31(20-27)29-15-11-25(12-16-29)14-18-33(38)39/h4-20,32,35,37H,21-24H2,1-3H3,(H,38,39)/t32-/m1/s1. The van der Waals surface area contributed by atoms with Crippen molar-refractivity contribution in [3.63, 3.8) is 0 Å². The summed E-state index contributed by atoms with van der Waals surface area (Å²) in [4.78, 5) is 10.7. The van der Waals surface area contributed by atoms with Crippen LogP contribution in [-0.4, -0.2) is 60.7 Å². The summed E-state index contributed by atoms with van der Waals surface area (Å²) in [5.41, 5.74) is 4.03. The first-order valence-corrected chi connectivity index (χ1v) is 15.5. The molecule has 4 aromatic carbocycles. The Kier molecular flexibility index (Phi) is 9.96. The van der Waals surface area contributed by atoms with E-state index in [1.54, 1.807) is 6.07 Å². The van der Waals surface area contributed by atoms with Crippen LogP contribution in [0.25, 0.3) is 28.0 Å². The molecule has 0 spiro atoms. The van der Waals surface area contributed by atoms with Gasteiger partial charge in [-0.25, -0.2) is 17.5 Å². The first-order chi connectivity index (χ1) is 19.9. The Balaban J connectivity index is 1.32. The van der Waals surface area contributed by atoms with Gasteiger partial charge in [0.25, 0.3) is 0 Å². The fraction of sp³-hybridized carbons (Fsp3) is 0.265. The van der Waals surface area contributed by atoms with Crippen LogP contribution in [0, 0.1) is 0 Å². The summed E-state index contributed by atoms with van der Waals surface area (Å²) in [5.74, 6) is -1.20. The molecular formula is C34H38N2O5S. The number of nitrogens with one attached hydrogen (secondary N) is 1. The molecule has 0 unspecified atom stereocenters. The average Bonchev–Trinajstić information content (AvgIpc) is 2.95. The van der Waals surface area contributed by atoms with Crippen LogP contribution in [-0.2, 0) is 27.0 Å². The molecule has 0 heterocycles. The molecule has 4 rings (SSSR count). The Morgan fingerprint density at radius 1 is 0.905 bits per heavy atom. The Morgan fingerprint density at radius 3 is 2.33 bits per heavy atom. The largest absolute Gasteiger partial charge is 0.478 e. The monoisotopic (exact) mass is 586 g/mol. The number of carboxylic acids is 1. The van der Waals surface area contributed by atoms with Crippen molar-refractivity contribution in [1.29, 1.82) is 0 Å². The quantitative estimate of drug-likeness (QED) is 0.183. The van der Waals surface area contributed by atoms with Gasteiger partial charge in [-0.05, 0) is 64.9 Å². The van der Waals surface area contributed by atoms with Gasteiger partial charge in [0.05, 0.1) is 11.9 Å². The molecule has 0 saturated carbocycles. The molecule has 0 saturated heterocycles.